The van der Waals surface area contributed by atoms with Gasteiger partial charge in [-0.05, 0) is 35.4 Å². The lowest BCUT2D eigenvalue weighted by Gasteiger charge is -2.05. The van der Waals surface area contributed by atoms with Crippen molar-refractivity contribution in [3.05, 3.63) is 76.7 Å². The van der Waals surface area contributed by atoms with Gasteiger partial charge in [0.25, 0.3) is 0 Å². The van der Waals surface area contributed by atoms with Gasteiger partial charge in [0.15, 0.2) is 0 Å². The van der Waals surface area contributed by atoms with Crippen LogP contribution in [0.4, 0.5) is 10.2 Å². The molecule has 25 heavy (non-hydrogen) atoms. The van der Waals surface area contributed by atoms with Crippen molar-refractivity contribution in [1.29, 1.82) is 5.26 Å². The van der Waals surface area contributed by atoms with Crippen molar-refractivity contribution in [1.82, 2.24) is 9.78 Å². The maximum Gasteiger partial charge on any atom is 0.140 e. The van der Waals surface area contributed by atoms with E-state index in [1.165, 1.54) is 12.1 Å². The lowest BCUT2D eigenvalue weighted by atomic mass is 10.1. The summed E-state index contributed by atoms with van der Waals surface area (Å²) >= 11 is 0. The van der Waals surface area contributed by atoms with Crippen LogP contribution in [-0.4, -0.2) is 16.9 Å². The van der Waals surface area contributed by atoms with Crippen LogP contribution in [0, 0.1) is 17.1 Å². The van der Waals surface area contributed by atoms with Gasteiger partial charge in [0, 0.05) is 6.42 Å². The van der Waals surface area contributed by atoms with Crippen LogP contribution in [-0.2, 0) is 13.0 Å². The predicted octanol–water partition coefficient (Wildman–Crippen LogP) is 3.12. The van der Waals surface area contributed by atoms with Gasteiger partial charge in [-0.3, -0.25) is 0 Å². The fourth-order valence-corrected chi connectivity index (χ4v) is 2.59. The largest absolute Gasteiger partial charge is 0.497 e. The van der Waals surface area contributed by atoms with Crippen LogP contribution in [0.5, 0.6) is 5.75 Å². The molecule has 2 aromatic carbocycles. The molecule has 3 rings (SSSR count). The van der Waals surface area contributed by atoms with Crippen LogP contribution in [0.3, 0.4) is 0 Å². The number of hydrogen-bond donors (Lipinski definition) is 1. The molecular formula is C19H17FN4O. The molecule has 3 aromatic rings. The van der Waals surface area contributed by atoms with Crippen molar-refractivity contribution in [3.63, 3.8) is 0 Å². The number of benzene rings is 2. The summed E-state index contributed by atoms with van der Waals surface area (Å²) in [6, 6.07) is 15.8. The van der Waals surface area contributed by atoms with Crippen molar-refractivity contribution < 1.29 is 9.13 Å². The number of hydrogen-bond acceptors (Lipinski definition) is 4. The topological polar surface area (TPSA) is 76.9 Å². The Morgan fingerprint density at radius 1 is 1.12 bits per heavy atom. The molecule has 0 amide bonds. The second-order valence-corrected chi connectivity index (χ2v) is 5.63. The molecule has 0 spiro atoms. The molecule has 2 N–H and O–H groups in total. The Morgan fingerprint density at radius 2 is 1.76 bits per heavy atom. The molecule has 0 radical (unpaired) electrons. The summed E-state index contributed by atoms with van der Waals surface area (Å²) in [6.45, 7) is 0.452. The normalized spacial score (nSPS) is 10.4. The van der Waals surface area contributed by atoms with Crippen LogP contribution < -0.4 is 10.5 Å². The number of halogens is 1. The smallest absolute Gasteiger partial charge is 0.140 e. The first-order valence-corrected chi connectivity index (χ1v) is 7.73. The van der Waals surface area contributed by atoms with Gasteiger partial charge in [-0.15, -0.1) is 0 Å². The van der Waals surface area contributed by atoms with E-state index in [0.717, 1.165) is 16.9 Å². The standard InChI is InChI=1S/C19H17FN4O/c1-25-16-8-4-14(5-9-16)12-24-19(22)17(11-21)18(23-24)10-13-2-6-15(20)7-3-13/h2-9H,10,12,22H2,1H3. The second kappa shape index (κ2) is 7.05. The molecule has 0 bridgehead atoms. The van der Waals surface area contributed by atoms with Gasteiger partial charge in [0.1, 0.15) is 29.0 Å². The fourth-order valence-electron chi connectivity index (χ4n) is 2.59. The number of nitrogens with zero attached hydrogens (tertiary/aromatic N) is 3. The maximum atomic E-state index is 13.0. The fraction of sp³-hybridized carbons (Fsp3) is 0.158. The summed E-state index contributed by atoms with van der Waals surface area (Å²) in [7, 11) is 1.61. The van der Waals surface area contributed by atoms with Crippen LogP contribution in [0.25, 0.3) is 0 Å². The number of nitriles is 1. The zero-order valence-electron chi connectivity index (χ0n) is 13.7. The Hall–Kier alpha value is -3.33. The number of ether oxygens (including phenoxy) is 1. The molecule has 0 aliphatic carbocycles. The van der Waals surface area contributed by atoms with Gasteiger partial charge in [0.2, 0.25) is 0 Å². The van der Waals surface area contributed by atoms with E-state index in [0.29, 0.717) is 30.0 Å². The van der Waals surface area contributed by atoms with Crippen molar-refractivity contribution >= 4 is 5.82 Å². The highest BCUT2D eigenvalue weighted by atomic mass is 19.1. The molecule has 0 unspecified atom stereocenters. The third kappa shape index (κ3) is 3.61. The van der Waals surface area contributed by atoms with E-state index in [2.05, 4.69) is 11.2 Å². The summed E-state index contributed by atoms with van der Waals surface area (Å²) in [5, 5.41) is 13.9. The SMILES string of the molecule is COc1ccc(Cn2nc(Cc3ccc(F)cc3)c(C#N)c2N)cc1. The lowest BCUT2D eigenvalue weighted by molar-refractivity contribution is 0.414. The summed E-state index contributed by atoms with van der Waals surface area (Å²) in [4.78, 5) is 0. The van der Waals surface area contributed by atoms with Gasteiger partial charge in [-0.1, -0.05) is 24.3 Å². The first-order valence-electron chi connectivity index (χ1n) is 7.73. The van der Waals surface area contributed by atoms with E-state index in [1.54, 1.807) is 23.9 Å². The Labute approximate surface area is 145 Å². The number of rotatable bonds is 5. The minimum absolute atomic E-state index is 0.297. The first-order chi connectivity index (χ1) is 12.1. The number of aromatic nitrogens is 2. The highest BCUT2D eigenvalue weighted by Gasteiger charge is 2.16. The number of anilines is 1. The molecule has 0 aliphatic rings. The van der Waals surface area contributed by atoms with E-state index in [-0.39, 0.29) is 5.82 Å². The van der Waals surface area contributed by atoms with Crippen molar-refractivity contribution in [3.8, 4) is 11.8 Å². The Bertz CT molecular complexity index is 908. The highest BCUT2D eigenvalue weighted by molar-refractivity contribution is 5.53. The summed E-state index contributed by atoms with van der Waals surface area (Å²) in [5.74, 6) is 0.802. The summed E-state index contributed by atoms with van der Waals surface area (Å²) in [5.41, 5.74) is 8.89. The molecule has 126 valence electrons. The number of nitrogen functional groups attached to an aromatic ring is 1. The van der Waals surface area contributed by atoms with Crippen molar-refractivity contribution in [2.75, 3.05) is 12.8 Å². The zero-order chi connectivity index (χ0) is 17.8. The van der Waals surface area contributed by atoms with E-state index in [1.807, 2.05) is 24.3 Å². The third-order valence-corrected chi connectivity index (χ3v) is 3.95. The van der Waals surface area contributed by atoms with Crippen LogP contribution >= 0.6 is 0 Å². The predicted molar refractivity (Wildman–Crippen MR) is 92.7 cm³/mol. The molecule has 0 saturated carbocycles. The van der Waals surface area contributed by atoms with E-state index < -0.39 is 0 Å². The Balaban J connectivity index is 1.86. The van der Waals surface area contributed by atoms with Crippen LogP contribution in [0.2, 0.25) is 0 Å². The van der Waals surface area contributed by atoms with Gasteiger partial charge in [-0.2, -0.15) is 10.4 Å². The van der Waals surface area contributed by atoms with Crippen molar-refractivity contribution in [2.24, 2.45) is 0 Å². The molecule has 0 fully saturated rings. The molecule has 6 heteroatoms. The van der Waals surface area contributed by atoms with Crippen molar-refractivity contribution in [2.45, 2.75) is 13.0 Å². The Kier molecular flexibility index (Phi) is 4.66. The van der Waals surface area contributed by atoms with E-state index in [9.17, 15) is 9.65 Å². The lowest BCUT2D eigenvalue weighted by Crippen LogP contribution is -2.06. The maximum absolute atomic E-state index is 13.0. The second-order valence-electron chi connectivity index (χ2n) is 5.63. The minimum atomic E-state index is -0.297. The third-order valence-electron chi connectivity index (χ3n) is 3.95. The average Bonchev–Trinajstić information content (AvgIpc) is 2.92. The van der Waals surface area contributed by atoms with Crippen LogP contribution in [0.15, 0.2) is 48.5 Å². The van der Waals surface area contributed by atoms with Gasteiger partial charge >= 0.3 is 0 Å². The molecule has 0 aliphatic heterocycles. The number of nitrogens with two attached hydrogens (primary N) is 1. The van der Waals surface area contributed by atoms with E-state index >= 15 is 0 Å². The highest BCUT2D eigenvalue weighted by Crippen LogP contribution is 2.21. The minimum Gasteiger partial charge on any atom is -0.497 e. The monoisotopic (exact) mass is 336 g/mol. The molecule has 1 heterocycles. The van der Waals surface area contributed by atoms with Gasteiger partial charge in [0.05, 0.1) is 19.3 Å². The molecule has 0 saturated heterocycles. The summed E-state index contributed by atoms with van der Waals surface area (Å²) < 4.78 is 19.8. The molecule has 5 nitrogen and oxygen atoms in total. The molecule has 0 atom stereocenters. The first kappa shape index (κ1) is 16.5. The van der Waals surface area contributed by atoms with Gasteiger partial charge < -0.3 is 10.5 Å². The average molecular weight is 336 g/mol. The van der Waals surface area contributed by atoms with Crippen LogP contribution in [0.1, 0.15) is 22.4 Å². The summed E-state index contributed by atoms with van der Waals surface area (Å²) in [6.07, 6.45) is 0.420. The quantitative estimate of drug-likeness (QED) is 0.776. The van der Waals surface area contributed by atoms with Gasteiger partial charge in [-0.25, -0.2) is 9.07 Å². The zero-order valence-corrected chi connectivity index (χ0v) is 13.7. The number of methoxy groups -OCH3 is 1. The van der Waals surface area contributed by atoms with E-state index in [4.69, 9.17) is 10.5 Å². The Morgan fingerprint density at radius 3 is 2.36 bits per heavy atom. The molecular weight excluding hydrogens is 319 g/mol. The molecule has 1 aromatic heterocycles.